The molecular weight excluding hydrogens is 1750 g/mol. The van der Waals surface area contributed by atoms with Crippen LogP contribution >= 0.6 is 0 Å². The number of sulfone groups is 1. The van der Waals surface area contributed by atoms with Crippen LogP contribution in [-0.2, 0) is 70.2 Å². The maximum absolute atomic E-state index is 12.7. The van der Waals surface area contributed by atoms with Crippen molar-refractivity contribution in [3.8, 4) is 67.2 Å². The summed E-state index contributed by atoms with van der Waals surface area (Å²) in [4.78, 5) is 15.1. The molecule has 11 aromatic rings. The average molecular weight is 1820 g/mol. The molecule has 91 heavy (non-hydrogen) atoms. The van der Waals surface area contributed by atoms with E-state index in [0.29, 0.717) is 9.79 Å². The van der Waals surface area contributed by atoms with E-state index in [-0.39, 0.29) is 60.3 Å². The molecule has 0 saturated carbocycles. The van der Waals surface area contributed by atoms with E-state index >= 15 is 0 Å². The number of rotatable bonds is 8. The Kier molecular flexibility index (Phi) is 20.3. The Balaban J connectivity index is 0.000000162. The van der Waals surface area contributed by atoms with Crippen molar-refractivity contribution in [1.82, 2.24) is 15.0 Å². The maximum Gasteiger partial charge on any atom is 0.173 e. The van der Waals surface area contributed by atoms with Gasteiger partial charge in [0.05, 0.1) is 37.2 Å². The molecular formula is C77H76Ir3N3O2SSi5-3. The molecule has 5 nitrogen and oxygen atoms in total. The van der Waals surface area contributed by atoms with E-state index in [0.717, 1.165) is 44.9 Å². The van der Waals surface area contributed by atoms with Crippen LogP contribution in [0.4, 0.5) is 0 Å². The summed E-state index contributed by atoms with van der Waals surface area (Å²) >= 11 is 0. The molecule has 0 aliphatic carbocycles. The quantitative estimate of drug-likeness (QED) is 0.112. The minimum Gasteiger partial charge on any atom is -0.305 e. The van der Waals surface area contributed by atoms with E-state index in [1.807, 2.05) is 24.4 Å². The molecule has 3 radical (unpaired) electrons. The van der Waals surface area contributed by atoms with Gasteiger partial charge in [-0.1, -0.05) is 267 Å². The predicted molar refractivity (Wildman–Crippen MR) is 384 cm³/mol. The summed E-state index contributed by atoms with van der Waals surface area (Å²) in [7, 11) is -11.7. The molecule has 0 fully saturated rings. The van der Waals surface area contributed by atoms with Crippen LogP contribution in [0.1, 0.15) is 16.7 Å². The molecule has 0 atom stereocenters. The predicted octanol–water partition coefficient (Wildman–Crippen LogP) is 13.2. The molecule has 467 valence electrons. The molecule has 3 aromatic heterocycles. The van der Waals surface area contributed by atoms with Gasteiger partial charge in [-0.25, -0.2) is 8.42 Å². The van der Waals surface area contributed by atoms with E-state index in [2.05, 4.69) is 280 Å². The third-order valence-corrected chi connectivity index (χ3v) is 34.8. The van der Waals surface area contributed by atoms with Gasteiger partial charge in [0, 0.05) is 78.9 Å². The molecule has 0 unspecified atom stereocenters. The number of aromatic nitrogens is 3. The first-order valence-electron chi connectivity index (χ1n) is 30.6. The number of benzene rings is 8. The van der Waals surface area contributed by atoms with Crippen molar-refractivity contribution in [2.45, 2.75) is 103 Å². The summed E-state index contributed by atoms with van der Waals surface area (Å²) in [6.07, 6.45) is 6.19. The second-order valence-electron chi connectivity index (χ2n) is 27.6. The van der Waals surface area contributed by atoms with Gasteiger partial charge >= 0.3 is 0 Å². The Morgan fingerprint density at radius 2 is 0.714 bits per heavy atom. The van der Waals surface area contributed by atoms with E-state index in [1.54, 1.807) is 23.4 Å². The molecule has 0 saturated heterocycles. The Morgan fingerprint density at radius 3 is 1.15 bits per heavy atom. The summed E-state index contributed by atoms with van der Waals surface area (Å²) in [6.45, 7) is 32.6. The van der Waals surface area contributed by atoms with Crippen molar-refractivity contribution in [2.24, 2.45) is 0 Å². The Labute approximate surface area is 586 Å². The van der Waals surface area contributed by atoms with Crippen molar-refractivity contribution < 1.29 is 68.7 Å². The fourth-order valence-corrected chi connectivity index (χ4v) is 28.8. The van der Waals surface area contributed by atoms with Crippen LogP contribution in [-0.4, -0.2) is 63.7 Å². The van der Waals surface area contributed by atoms with Crippen molar-refractivity contribution in [3.05, 3.63) is 242 Å². The third kappa shape index (κ3) is 12.8. The number of fused-ring (bicyclic) bond motifs is 9. The number of hydrogen-bond acceptors (Lipinski definition) is 5. The number of pyridine rings is 3. The molecule has 6 heterocycles. The second-order valence-corrected chi connectivity index (χ2v) is 52.6. The second kappa shape index (κ2) is 26.5. The van der Waals surface area contributed by atoms with Gasteiger partial charge in [0.2, 0.25) is 0 Å². The van der Waals surface area contributed by atoms with Crippen LogP contribution in [0.2, 0.25) is 72.0 Å². The minimum atomic E-state index is -3.44. The molecule has 0 bridgehead atoms. The zero-order valence-corrected chi connectivity index (χ0v) is 67.2. The first-order valence-corrected chi connectivity index (χ1v) is 47.5. The van der Waals surface area contributed by atoms with Crippen LogP contribution in [0.25, 0.3) is 67.2 Å². The first-order chi connectivity index (χ1) is 41.8. The summed E-state index contributed by atoms with van der Waals surface area (Å²) in [6, 6.07) is 76.9. The number of hydrogen-bond donors (Lipinski definition) is 0. The minimum absolute atomic E-state index is 0. The Bertz CT molecular complexity index is 4640. The van der Waals surface area contributed by atoms with E-state index in [9.17, 15) is 8.42 Å². The third-order valence-electron chi connectivity index (χ3n) is 18.2. The van der Waals surface area contributed by atoms with Gasteiger partial charge in [-0.15, -0.1) is 81.7 Å². The van der Waals surface area contributed by atoms with Crippen LogP contribution in [0.5, 0.6) is 0 Å². The van der Waals surface area contributed by atoms with Gasteiger partial charge in [-0.3, -0.25) is 0 Å². The van der Waals surface area contributed by atoms with E-state index in [1.165, 1.54) is 80.4 Å². The largest absolute Gasteiger partial charge is 0.305 e. The van der Waals surface area contributed by atoms with Crippen molar-refractivity contribution in [2.75, 3.05) is 0 Å². The summed E-state index contributed by atoms with van der Waals surface area (Å²) < 4.78 is 25.4. The molecule has 8 aromatic carbocycles. The maximum atomic E-state index is 12.7. The molecule has 0 spiro atoms. The monoisotopic (exact) mass is 1830 g/mol. The normalized spacial score (nSPS) is 13.9. The zero-order chi connectivity index (χ0) is 62.3. The van der Waals surface area contributed by atoms with Gasteiger partial charge < -0.3 is 15.0 Å². The van der Waals surface area contributed by atoms with Crippen LogP contribution < -0.4 is 46.7 Å². The smallest absolute Gasteiger partial charge is 0.173 e. The van der Waals surface area contributed by atoms with Crippen LogP contribution in [0.3, 0.4) is 0 Å². The van der Waals surface area contributed by atoms with E-state index < -0.39 is 50.2 Å². The molecule has 0 N–H and O–H groups in total. The summed E-state index contributed by atoms with van der Waals surface area (Å²) in [5.74, 6) is 0. The topological polar surface area (TPSA) is 72.8 Å². The van der Waals surface area contributed by atoms with Gasteiger partial charge in [-0.2, -0.15) is 0 Å². The Morgan fingerprint density at radius 1 is 0.363 bits per heavy atom. The fraction of sp³-hybridized carbons (Fsp3) is 0.182. The van der Waals surface area contributed by atoms with Gasteiger partial charge in [-0.05, 0) is 86.3 Å². The molecule has 3 aliphatic rings. The molecule has 14 heteroatoms. The zero-order valence-electron chi connectivity index (χ0n) is 54.2. The van der Waals surface area contributed by atoms with Crippen LogP contribution in [0.15, 0.2) is 216 Å². The first kappa shape index (κ1) is 69.5. The van der Waals surface area contributed by atoms with Crippen LogP contribution in [0, 0.1) is 39.0 Å². The molecule has 14 rings (SSSR count). The SMILES string of the molecule is Cc1cc(-c2[c-]cc3c(c2)-c2ccccc2S3(=O)=O)ncc1[Si](C)(C)C.Cc1cc(-c2[c-]cc3c(c2)-c2ccccc2[Si]3(C)C)ncc1[Si](C)(C)C.Cc1cc(-c2[c-]cc3c(c2)-c2ccccc2[Si]3(c2ccccc2)c2ccccc2)ncc1[Si](C)(C)C.[Ir].[Ir].[Ir]. The summed E-state index contributed by atoms with van der Waals surface area (Å²) in [5, 5.41) is 13.0. The Hall–Kier alpha value is -5.81. The number of nitrogens with zero attached hydrogens (tertiary/aromatic N) is 3. The summed E-state index contributed by atoms with van der Waals surface area (Å²) in [5.41, 5.74) is 16.8. The van der Waals surface area contributed by atoms with Gasteiger partial charge in [0.25, 0.3) is 0 Å². The number of aryl methyl sites for hydroxylation is 3. The van der Waals surface area contributed by atoms with E-state index in [4.69, 9.17) is 9.97 Å². The molecule has 3 aliphatic heterocycles. The fourth-order valence-electron chi connectivity index (χ4n) is 13.9. The molecule has 0 amide bonds. The standard InChI is InChI=1S/C33H30NSi2.C23H26NSi2.C21H20NO2SSi.3Ir/c1-24-21-30(34-23-33(24)35(2,3)4)25-19-20-32-29(22-25)28-17-11-12-18-31(28)36(32,26-13-7-5-8-14-26)27-15-9-6-10-16-27;1-16-13-20(24-15-23(16)25(2,3)4)17-11-12-22-19(14-17)18-9-7-8-10-21(18)26(22,5)6;1-14-11-18(22-13-21(14)26(2,3)4)15-9-10-20-17(12-15)16-7-5-6-8-19(16)25(20,23)24;;;/h5-18,20-23H,1-4H3;7-10,12-15H,1-6H3;5-8,10-13H,1-4H3;;;/q3*-1;;;. The van der Waals surface area contributed by atoms with Crippen molar-refractivity contribution in [1.29, 1.82) is 0 Å². The van der Waals surface area contributed by atoms with Crippen molar-refractivity contribution in [3.63, 3.8) is 0 Å². The average Bonchev–Trinajstić information content (AvgIpc) is 1.55. The van der Waals surface area contributed by atoms with Gasteiger partial charge in [0.15, 0.2) is 9.84 Å². The van der Waals surface area contributed by atoms with Crippen molar-refractivity contribution >= 4 is 96.9 Å². The van der Waals surface area contributed by atoms with Gasteiger partial charge in [0.1, 0.15) is 8.07 Å².